The first-order chi connectivity index (χ1) is 7.03. The van der Waals surface area contributed by atoms with Crippen LogP contribution in [0.4, 0.5) is 0 Å². The molecule has 1 saturated carbocycles. The minimum atomic E-state index is -0.689. The molecule has 1 N–H and O–H groups in total. The second kappa shape index (κ2) is 3.37. The lowest BCUT2D eigenvalue weighted by atomic mass is 9.90. The number of rotatable bonds is 3. The van der Waals surface area contributed by atoms with Crippen LogP contribution in [0.1, 0.15) is 36.0 Å². The topological polar surface area (TPSA) is 37.3 Å². The van der Waals surface area contributed by atoms with Crippen LogP contribution in [-0.2, 0) is 10.2 Å². The van der Waals surface area contributed by atoms with Gasteiger partial charge in [-0.25, -0.2) is 0 Å². The molecule has 2 heteroatoms. The molecule has 0 radical (unpaired) electrons. The highest BCUT2D eigenvalue weighted by molar-refractivity contribution is 5.70. The highest BCUT2D eigenvalue weighted by Gasteiger charge is 2.45. The van der Waals surface area contributed by atoms with Crippen LogP contribution in [-0.4, -0.2) is 11.1 Å². The van der Waals surface area contributed by atoms with Crippen molar-refractivity contribution in [1.82, 2.24) is 0 Å². The number of hydrogen-bond donors (Lipinski definition) is 1. The van der Waals surface area contributed by atoms with Crippen molar-refractivity contribution in [2.75, 3.05) is 0 Å². The van der Waals surface area contributed by atoms with Crippen molar-refractivity contribution in [2.24, 2.45) is 0 Å². The molecule has 1 fully saturated rings. The van der Waals surface area contributed by atoms with Crippen LogP contribution in [0.5, 0.6) is 0 Å². The molecular weight excluding hydrogens is 188 g/mol. The Morgan fingerprint density at radius 1 is 1.33 bits per heavy atom. The molecule has 0 saturated heterocycles. The summed E-state index contributed by atoms with van der Waals surface area (Å²) in [4.78, 5) is 10.8. The van der Waals surface area contributed by atoms with Crippen LogP contribution in [0.3, 0.4) is 0 Å². The van der Waals surface area contributed by atoms with Crippen LogP contribution in [0.2, 0.25) is 0 Å². The number of aryl methyl sites for hydroxylation is 2. The van der Waals surface area contributed by atoms with Gasteiger partial charge in [-0.05, 0) is 43.4 Å². The van der Waals surface area contributed by atoms with Gasteiger partial charge in [-0.1, -0.05) is 18.2 Å². The Balaban J connectivity index is 2.29. The molecule has 1 aliphatic rings. The highest BCUT2D eigenvalue weighted by atomic mass is 16.4. The monoisotopic (exact) mass is 204 g/mol. The van der Waals surface area contributed by atoms with Gasteiger partial charge >= 0.3 is 5.97 Å². The van der Waals surface area contributed by atoms with Crippen LogP contribution >= 0.6 is 0 Å². The molecule has 1 aliphatic carbocycles. The van der Waals surface area contributed by atoms with Gasteiger partial charge in [0, 0.05) is 5.41 Å². The number of aliphatic carboxylic acids is 1. The minimum absolute atomic E-state index is 0.0513. The molecule has 0 bridgehead atoms. The summed E-state index contributed by atoms with van der Waals surface area (Å²) in [6, 6.07) is 6.32. The smallest absolute Gasteiger partial charge is 0.304 e. The van der Waals surface area contributed by atoms with E-state index in [0.717, 1.165) is 12.8 Å². The Morgan fingerprint density at radius 3 is 2.47 bits per heavy atom. The lowest BCUT2D eigenvalue weighted by Crippen LogP contribution is -2.13. The number of carboxylic acid groups (broad SMARTS) is 1. The first-order valence-corrected chi connectivity index (χ1v) is 5.33. The molecule has 2 nitrogen and oxygen atoms in total. The maximum atomic E-state index is 10.8. The second-order valence-electron chi connectivity index (χ2n) is 4.65. The van der Waals surface area contributed by atoms with Crippen LogP contribution in [0.15, 0.2) is 18.2 Å². The average molecular weight is 204 g/mol. The van der Waals surface area contributed by atoms with E-state index < -0.39 is 5.97 Å². The maximum absolute atomic E-state index is 10.8. The molecule has 1 aromatic carbocycles. The van der Waals surface area contributed by atoms with Crippen molar-refractivity contribution in [3.8, 4) is 0 Å². The van der Waals surface area contributed by atoms with E-state index in [0.29, 0.717) is 0 Å². The van der Waals surface area contributed by atoms with Gasteiger partial charge in [-0.3, -0.25) is 4.79 Å². The minimum Gasteiger partial charge on any atom is -0.481 e. The quantitative estimate of drug-likeness (QED) is 0.822. The van der Waals surface area contributed by atoms with Gasteiger partial charge in [-0.15, -0.1) is 0 Å². The van der Waals surface area contributed by atoms with E-state index in [1.165, 1.54) is 16.7 Å². The third-order valence-electron chi connectivity index (χ3n) is 3.46. The molecule has 1 aromatic rings. The van der Waals surface area contributed by atoms with Gasteiger partial charge in [0.25, 0.3) is 0 Å². The average Bonchev–Trinajstić information content (AvgIpc) is 2.89. The standard InChI is InChI=1S/C13H16O2/c1-9-3-4-11(7-10(9)2)13(5-6-13)8-12(14)15/h3-4,7H,5-6,8H2,1-2H3,(H,14,15). The zero-order chi connectivity index (χ0) is 11.1. The maximum Gasteiger partial charge on any atom is 0.304 e. The van der Waals surface area contributed by atoms with Crippen molar-refractivity contribution in [3.63, 3.8) is 0 Å². The zero-order valence-corrected chi connectivity index (χ0v) is 9.21. The normalized spacial score (nSPS) is 17.5. The van der Waals surface area contributed by atoms with Crippen molar-refractivity contribution >= 4 is 5.97 Å². The number of benzene rings is 1. The summed E-state index contributed by atoms with van der Waals surface area (Å²) >= 11 is 0. The Morgan fingerprint density at radius 2 is 2.00 bits per heavy atom. The molecule has 2 rings (SSSR count). The molecule has 0 spiro atoms. The first kappa shape index (κ1) is 10.2. The second-order valence-corrected chi connectivity index (χ2v) is 4.65. The Bertz CT molecular complexity index is 403. The molecule has 0 unspecified atom stereocenters. The molecule has 15 heavy (non-hydrogen) atoms. The van der Waals surface area contributed by atoms with Gasteiger partial charge in [0.05, 0.1) is 6.42 Å². The van der Waals surface area contributed by atoms with Crippen LogP contribution in [0.25, 0.3) is 0 Å². The largest absolute Gasteiger partial charge is 0.481 e. The van der Waals surface area contributed by atoms with Gasteiger partial charge in [0.15, 0.2) is 0 Å². The third kappa shape index (κ3) is 1.89. The van der Waals surface area contributed by atoms with Crippen molar-refractivity contribution in [2.45, 2.75) is 38.5 Å². The Labute approximate surface area is 89.9 Å². The van der Waals surface area contributed by atoms with E-state index in [1.54, 1.807) is 0 Å². The first-order valence-electron chi connectivity index (χ1n) is 5.33. The summed E-state index contributed by atoms with van der Waals surface area (Å²) in [6.45, 7) is 4.16. The van der Waals surface area contributed by atoms with Gasteiger partial charge < -0.3 is 5.11 Å². The molecule has 0 heterocycles. The van der Waals surface area contributed by atoms with E-state index >= 15 is 0 Å². The van der Waals surface area contributed by atoms with Gasteiger partial charge in [0.1, 0.15) is 0 Å². The lowest BCUT2D eigenvalue weighted by Gasteiger charge is -2.14. The molecule has 80 valence electrons. The predicted molar refractivity (Wildman–Crippen MR) is 59.1 cm³/mol. The molecule has 0 atom stereocenters. The molecule has 0 amide bonds. The molecule has 0 aromatic heterocycles. The van der Waals surface area contributed by atoms with E-state index in [-0.39, 0.29) is 11.8 Å². The number of carboxylic acids is 1. The summed E-state index contributed by atoms with van der Waals surface area (Å²) < 4.78 is 0. The summed E-state index contributed by atoms with van der Waals surface area (Å²) in [7, 11) is 0. The fourth-order valence-corrected chi connectivity index (χ4v) is 2.08. The van der Waals surface area contributed by atoms with Gasteiger partial charge in [-0.2, -0.15) is 0 Å². The fraction of sp³-hybridized carbons (Fsp3) is 0.462. The van der Waals surface area contributed by atoms with E-state index in [2.05, 4.69) is 32.0 Å². The Hall–Kier alpha value is -1.31. The predicted octanol–water partition coefficient (Wildman–Crippen LogP) is 2.81. The van der Waals surface area contributed by atoms with Gasteiger partial charge in [0.2, 0.25) is 0 Å². The van der Waals surface area contributed by atoms with Crippen LogP contribution in [0, 0.1) is 13.8 Å². The zero-order valence-electron chi connectivity index (χ0n) is 9.21. The van der Waals surface area contributed by atoms with E-state index in [4.69, 9.17) is 5.11 Å². The van der Waals surface area contributed by atoms with Crippen molar-refractivity contribution < 1.29 is 9.90 Å². The Kier molecular flexibility index (Phi) is 2.29. The summed E-state index contributed by atoms with van der Waals surface area (Å²) in [6.07, 6.45) is 2.30. The highest BCUT2D eigenvalue weighted by Crippen LogP contribution is 2.51. The molecule has 0 aliphatic heterocycles. The number of carbonyl (C=O) groups is 1. The molecular formula is C13H16O2. The third-order valence-corrected chi connectivity index (χ3v) is 3.46. The summed E-state index contributed by atoms with van der Waals surface area (Å²) in [5, 5.41) is 8.87. The number of hydrogen-bond acceptors (Lipinski definition) is 1. The van der Waals surface area contributed by atoms with Crippen molar-refractivity contribution in [1.29, 1.82) is 0 Å². The van der Waals surface area contributed by atoms with E-state index in [1.807, 2.05) is 0 Å². The van der Waals surface area contributed by atoms with E-state index in [9.17, 15) is 4.79 Å². The van der Waals surface area contributed by atoms with Crippen molar-refractivity contribution in [3.05, 3.63) is 34.9 Å². The summed E-state index contributed by atoms with van der Waals surface area (Å²) in [5.74, 6) is -0.689. The fourth-order valence-electron chi connectivity index (χ4n) is 2.08. The summed E-state index contributed by atoms with van der Waals surface area (Å²) in [5.41, 5.74) is 3.67. The SMILES string of the molecule is Cc1ccc(C2(CC(=O)O)CC2)cc1C. The lowest BCUT2D eigenvalue weighted by molar-refractivity contribution is -0.137. The van der Waals surface area contributed by atoms with Crippen LogP contribution < -0.4 is 0 Å².